The molecule has 3 rings (SSSR count). The Bertz CT molecular complexity index is 725. The summed E-state index contributed by atoms with van der Waals surface area (Å²) in [6.45, 7) is 2.62. The largest absolute Gasteiger partial charge is 0.481 e. The van der Waals surface area contributed by atoms with Crippen molar-refractivity contribution in [3.63, 3.8) is 0 Å². The third-order valence-electron chi connectivity index (χ3n) is 4.03. The first-order valence-electron chi connectivity index (χ1n) is 6.76. The lowest BCUT2D eigenvalue weighted by Gasteiger charge is -2.14. The molecule has 0 saturated carbocycles. The maximum absolute atomic E-state index is 12.5. The molecule has 0 unspecified atom stereocenters. The molecule has 0 aliphatic carbocycles. The Morgan fingerprint density at radius 1 is 1.33 bits per heavy atom. The standard InChI is InChI=1S/C15H15BrN2O3/c1-8-6-18(7-11(8)15(20)21)14(19)13-4-9-2-3-10(16)5-12(9)17-13/h2-5,8,11,17H,6-7H2,1H3,(H,20,21)/t8-,11-/m1/s1. The van der Waals surface area contributed by atoms with Crippen LogP contribution in [0.25, 0.3) is 10.9 Å². The number of carbonyl (C=O) groups is 2. The second-order valence-corrected chi connectivity index (χ2v) is 6.46. The molecule has 1 saturated heterocycles. The van der Waals surface area contributed by atoms with Crippen molar-refractivity contribution >= 4 is 38.7 Å². The van der Waals surface area contributed by atoms with Crippen molar-refractivity contribution in [3.8, 4) is 0 Å². The predicted octanol–water partition coefficient (Wildman–Crippen LogP) is 2.72. The molecule has 0 spiro atoms. The van der Waals surface area contributed by atoms with Gasteiger partial charge in [0.2, 0.25) is 0 Å². The maximum atomic E-state index is 12.5. The number of aromatic amines is 1. The van der Waals surface area contributed by atoms with E-state index in [9.17, 15) is 9.59 Å². The van der Waals surface area contributed by atoms with E-state index in [1.807, 2.05) is 31.2 Å². The summed E-state index contributed by atoms with van der Waals surface area (Å²) >= 11 is 3.40. The Morgan fingerprint density at radius 3 is 2.76 bits per heavy atom. The molecule has 0 radical (unpaired) electrons. The zero-order valence-corrected chi connectivity index (χ0v) is 13.1. The minimum atomic E-state index is -0.835. The van der Waals surface area contributed by atoms with Gasteiger partial charge in [-0.25, -0.2) is 0 Å². The SMILES string of the molecule is C[C@@H]1CN(C(=O)c2cc3ccc(Br)cc3[nH]2)C[C@H]1C(=O)O. The topological polar surface area (TPSA) is 73.4 Å². The van der Waals surface area contributed by atoms with E-state index in [0.29, 0.717) is 12.2 Å². The average molecular weight is 351 g/mol. The molecule has 110 valence electrons. The van der Waals surface area contributed by atoms with E-state index in [1.54, 1.807) is 4.90 Å². The van der Waals surface area contributed by atoms with Gasteiger partial charge in [0.1, 0.15) is 5.69 Å². The molecule has 1 aromatic carbocycles. The quantitative estimate of drug-likeness (QED) is 0.874. The monoisotopic (exact) mass is 350 g/mol. The van der Waals surface area contributed by atoms with Crippen molar-refractivity contribution in [3.05, 3.63) is 34.4 Å². The maximum Gasteiger partial charge on any atom is 0.308 e. The highest BCUT2D eigenvalue weighted by molar-refractivity contribution is 9.10. The van der Waals surface area contributed by atoms with Gasteiger partial charge in [-0.05, 0) is 24.1 Å². The summed E-state index contributed by atoms with van der Waals surface area (Å²) in [6.07, 6.45) is 0. The summed E-state index contributed by atoms with van der Waals surface area (Å²) in [6, 6.07) is 7.57. The molecule has 2 aromatic rings. The summed E-state index contributed by atoms with van der Waals surface area (Å²) < 4.78 is 0.941. The van der Waals surface area contributed by atoms with Gasteiger partial charge < -0.3 is 15.0 Å². The summed E-state index contributed by atoms with van der Waals surface area (Å²) in [5, 5.41) is 10.1. The van der Waals surface area contributed by atoms with Gasteiger partial charge in [-0.1, -0.05) is 28.9 Å². The molecular formula is C15H15BrN2O3. The molecule has 0 bridgehead atoms. The van der Waals surface area contributed by atoms with E-state index in [4.69, 9.17) is 5.11 Å². The van der Waals surface area contributed by atoms with Crippen LogP contribution < -0.4 is 0 Å². The van der Waals surface area contributed by atoms with Gasteiger partial charge in [-0.2, -0.15) is 0 Å². The van der Waals surface area contributed by atoms with Gasteiger partial charge >= 0.3 is 5.97 Å². The van der Waals surface area contributed by atoms with E-state index < -0.39 is 11.9 Å². The van der Waals surface area contributed by atoms with Crippen molar-refractivity contribution in [1.82, 2.24) is 9.88 Å². The zero-order chi connectivity index (χ0) is 15.1. The lowest BCUT2D eigenvalue weighted by Crippen LogP contribution is -2.30. The molecule has 5 nitrogen and oxygen atoms in total. The van der Waals surface area contributed by atoms with Crippen molar-refractivity contribution < 1.29 is 14.7 Å². The number of benzene rings is 1. The number of aliphatic carboxylic acids is 1. The molecule has 1 amide bonds. The molecule has 1 aliphatic rings. The van der Waals surface area contributed by atoms with Gasteiger partial charge in [0.15, 0.2) is 0 Å². The van der Waals surface area contributed by atoms with Crippen molar-refractivity contribution in [2.75, 3.05) is 13.1 Å². The first-order chi connectivity index (χ1) is 9.95. The zero-order valence-electron chi connectivity index (χ0n) is 11.5. The Kier molecular flexibility index (Phi) is 3.49. The summed E-state index contributed by atoms with van der Waals surface area (Å²) in [5.74, 6) is -1.48. The summed E-state index contributed by atoms with van der Waals surface area (Å²) in [4.78, 5) is 28.4. The molecular weight excluding hydrogens is 336 g/mol. The number of H-pyrrole nitrogens is 1. The minimum absolute atomic E-state index is 0.0232. The third kappa shape index (κ3) is 2.55. The first-order valence-corrected chi connectivity index (χ1v) is 7.55. The molecule has 1 aromatic heterocycles. The molecule has 1 fully saturated rings. The van der Waals surface area contributed by atoms with Crippen LogP contribution in [0.2, 0.25) is 0 Å². The van der Waals surface area contributed by atoms with Crippen molar-refractivity contribution in [1.29, 1.82) is 0 Å². The van der Waals surface area contributed by atoms with Crippen LogP contribution in [0.1, 0.15) is 17.4 Å². The normalized spacial score (nSPS) is 21.9. The van der Waals surface area contributed by atoms with Crippen LogP contribution in [0.3, 0.4) is 0 Å². The van der Waals surface area contributed by atoms with E-state index in [2.05, 4.69) is 20.9 Å². The van der Waals surface area contributed by atoms with Crippen LogP contribution in [0, 0.1) is 11.8 Å². The number of carboxylic acid groups (broad SMARTS) is 1. The highest BCUT2D eigenvalue weighted by Gasteiger charge is 2.37. The van der Waals surface area contributed by atoms with E-state index >= 15 is 0 Å². The van der Waals surface area contributed by atoms with Crippen LogP contribution in [0.15, 0.2) is 28.7 Å². The fraction of sp³-hybridized carbons (Fsp3) is 0.333. The van der Waals surface area contributed by atoms with Crippen LogP contribution in [-0.4, -0.2) is 40.0 Å². The molecule has 1 aliphatic heterocycles. The second-order valence-electron chi connectivity index (χ2n) is 5.55. The van der Waals surface area contributed by atoms with Crippen LogP contribution in [0.5, 0.6) is 0 Å². The molecule has 6 heteroatoms. The number of carbonyl (C=O) groups excluding carboxylic acids is 1. The van der Waals surface area contributed by atoms with Crippen LogP contribution in [-0.2, 0) is 4.79 Å². The van der Waals surface area contributed by atoms with Crippen LogP contribution in [0.4, 0.5) is 0 Å². The number of aromatic nitrogens is 1. The van der Waals surface area contributed by atoms with Gasteiger partial charge in [-0.3, -0.25) is 9.59 Å². The van der Waals surface area contributed by atoms with E-state index in [1.165, 1.54) is 0 Å². The lowest BCUT2D eigenvalue weighted by molar-refractivity contribution is -0.142. The third-order valence-corrected chi connectivity index (χ3v) is 4.52. The number of nitrogens with zero attached hydrogens (tertiary/aromatic N) is 1. The molecule has 2 atom stereocenters. The van der Waals surface area contributed by atoms with E-state index in [0.717, 1.165) is 15.4 Å². The van der Waals surface area contributed by atoms with Gasteiger partial charge in [0.05, 0.1) is 5.92 Å². The first kappa shape index (κ1) is 14.1. The smallest absolute Gasteiger partial charge is 0.308 e. The number of fused-ring (bicyclic) bond motifs is 1. The molecule has 2 heterocycles. The number of amides is 1. The van der Waals surface area contributed by atoms with Gasteiger partial charge in [-0.15, -0.1) is 0 Å². The number of rotatable bonds is 2. The predicted molar refractivity (Wildman–Crippen MR) is 82.2 cm³/mol. The number of hydrogen-bond donors (Lipinski definition) is 2. The Balaban J connectivity index is 1.86. The number of halogens is 1. The number of nitrogens with one attached hydrogen (secondary N) is 1. The fourth-order valence-corrected chi connectivity index (χ4v) is 3.20. The highest BCUT2D eigenvalue weighted by Crippen LogP contribution is 2.26. The van der Waals surface area contributed by atoms with Crippen molar-refractivity contribution in [2.45, 2.75) is 6.92 Å². The Labute approximate surface area is 130 Å². The summed E-state index contributed by atoms with van der Waals surface area (Å²) in [7, 11) is 0. The lowest BCUT2D eigenvalue weighted by atomic mass is 9.99. The van der Waals surface area contributed by atoms with E-state index in [-0.39, 0.29) is 18.4 Å². The average Bonchev–Trinajstić information content (AvgIpc) is 3.00. The molecule has 21 heavy (non-hydrogen) atoms. The fourth-order valence-electron chi connectivity index (χ4n) is 2.84. The van der Waals surface area contributed by atoms with Crippen molar-refractivity contribution in [2.24, 2.45) is 11.8 Å². The summed E-state index contributed by atoms with van der Waals surface area (Å²) in [5.41, 5.74) is 1.39. The molecule has 2 N–H and O–H groups in total. The van der Waals surface area contributed by atoms with Gasteiger partial charge in [0, 0.05) is 28.5 Å². The number of carboxylic acids is 1. The number of likely N-dealkylation sites (tertiary alicyclic amines) is 1. The second kappa shape index (κ2) is 5.18. The number of hydrogen-bond acceptors (Lipinski definition) is 2. The Hall–Kier alpha value is -1.82. The Morgan fingerprint density at radius 2 is 2.10 bits per heavy atom. The van der Waals surface area contributed by atoms with Gasteiger partial charge in [0.25, 0.3) is 5.91 Å². The highest BCUT2D eigenvalue weighted by atomic mass is 79.9. The minimum Gasteiger partial charge on any atom is -0.481 e. The van der Waals surface area contributed by atoms with Crippen LogP contribution >= 0.6 is 15.9 Å².